The van der Waals surface area contributed by atoms with Crippen LogP contribution in [-0.2, 0) is 4.74 Å². The van der Waals surface area contributed by atoms with Crippen molar-refractivity contribution < 1.29 is 31.5 Å². The molecule has 0 aromatic rings. The highest BCUT2D eigenvalue weighted by atomic mass is 19.4. The third-order valence-corrected chi connectivity index (χ3v) is 5.06. The molecule has 3 aliphatic rings. The number of nitrogens with zero attached hydrogens (tertiary/aromatic N) is 2. The zero-order valence-electron chi connectivity index (χ0n) is 16.2. The molecule has 0 aromatic heterocycles. The van der Waals surface area contributed by atoms with Crippen LogP contribution in [-0.4, -0.2) is 42.1 Å². The molecule has 1 aliphatic heterocycles. The van der Waals surface area contributed by atoms with E-state index in [0.29, 0.717) is 12.6 Å². The van der Waals surface area contributed by atoms with Crippen LogP contribution >= 0.6 is 0 Å². The van der Waals surface area contributed by atoms with Crippen LogP contribution in [0.1, 0.15) is 52.4 Å². The van der Waals surface area contributed by atoms with Gasteiger partial charge in [-0.1, -0.05) is 26.2 Å². The Morgan fingerprint density at radius 2 is 1.93 bits per heavy atom. The van der Waals surface area contributed by atoms with Gasteiger partial charge in [0.1, 0.15) is 5.82 Å². The fraction of sp³-hybridized carbons (Fsp3) is 0.778. The predicted octanol–water partition coefficient (Wildman–Crippen LogP) is 5.05. The molecule has 0 radical (unpaired) electrons. The molecule has 160 valence electrons. The number of carbonyl (C=O) groups is 1. The normalized spacial score (nSPS) is 23.2. The predicted molar refractivity (Wildman–Crippen MR) is 93.7 cm³/mol. The number of nitrogens with one attached hydrogen (secondary N) is 1. The number of allylic oxidation sites excluding steroid dienone is 1. The summed E-state index contributed by atoms with van der Waals surface area (Å²) in [4.78, 5) is 11.4. The van der Waals surface area contributed by atoms with Gasteiger partial charge in [-0.3, -0.25) is 10.3 Å². The Hall–Kier alpha value is -1.87. The molecule has 5 nitrogen and oxygen atoms in total. The molecule has 0 spiro atoms. The summed E-state index contributed by atoms with van der Waals surface area (Å²) in [6.45, 7) is 3.02. The van der Waals surface area contributed by atoms with E-state index in [4.69, 9.17) is 0 Å². The zero-order valence-corrected chi connectivity index (χ0v) is 16.2. The van der Waals surface area contributed by atoms with Crippen molar-refractivity contribution in [3.63, 3.8) is 0 Å². The molecule has 28 heavy (non-hydrogen) atoms. The Bertz CT molecular complexity index is 621. The van der Waals surface area contributed by atoms with Crippen LogP contribution in [0.5, 0.6) is 0 Å². The lowest BCUT2D eigenvalue weighted by molar-refractivity contribution is -0.197. The fourth-order valence-electron chi connectivity index (χ4n) is 2.87. The summed E-state index contributed by atoms with van der Waals surface area (Å²) < 4.78 is 66.8. The lowest BCUT2D eigenvalue weighted by Crippen LogP contribution is -2.43. The van der Waals surface area contributed by atoms with Gasteiger partial charge < -0.3 is 4.74 Å². The summed E-state index contributed by atoms with van der Waals surface area (Å²) in [6, 6.07) is 0. The van der Waals surface area contributed by atoms with Crippen molar-refractivity contribution in [3.05, 3.63) is 11.9 Å². The maximum Gasteiger partial charge on any atom is 0.425 e. The molecule has 0 saturated heterocycles. The minimum absolute atomic E-state index is 0.138. The Balaban J connectivity index is 0.000000485. The summed E-state index contributed by atoms with van der Waals surface area (Å²) >= 11 is 0. The molecule has 0 aromatic carbocycles. The van der Waals surface area contributed by atoms with E-state index in [1.54, 1.807) is 0 Å². The van der Waals surface area contributed by atoms with Crippen LogP contribution < -0.4 is 5.32 Å². The number of rotatable bonds is 3. The van der Waals surface area contributed by atoms with Crippen molar-refractivity contribution in [1.29, 1.82) is 0 Å². The topological polar surface area (TPSA) is 53.9 Å². The van der Waals surface area contributed by atoms with Gasteiger partial charge in [0.25, 0.3) is 0 Å². The quantitative estimate of drug-likeness (QED) is 0.662. The van der Waals surface area contributed by atoms with Crippen molar-refractivity contribution in [3.8, 4) is 0 Å². The van der Waals surface area contributed by atoms with Crippen molar-refractivity contribution in [2.75, 3.05) is 7.05 Å². The van der Waals surface area contributed by atoms with E-state index in [-0.39, 0.29) is 31.0 Å². The summed E-state index contributed by atoms with van der Waals surface area (Å²) in [5, 5.41) is 7.46. The maximum absolute atomic E-state index is 12.9. The van der Waals surface area contributed by atoms with Crippen LogP contribution in [0.4, 0.5) is 26.7 Å². The molecule has 1 unspecified atom stereocenters. The molecular weight excluding hydrogens is 385 g/mol. The van der Waals surface area contributed by atoms with E-state index in [1.165, 1.54) is 37.4 Å². The largest absolute Gasteiger partial charge is 0.437 e. The number of carbonyl (C=O) groups excluding carboxylic acids is 1. The van der Waals surface area contributed by atoms with Gasteiger partial charge in [0.2, 0.25) is 5.92 Å². The second-order valence-electron chi connectivity index (χ2n) is 7.62. The number of ether oxygens (including phenoxy) is 1. The van der Waals surface area contributed by atoms with E-state index < -0.39 is 24.3 Å². The number of alkyl halides is 5. The number of hydrogen-bond acceptors (Lipinski definition) is 4. The highest BCUT2D eigenvalue weighted by molar-refractivity contribution is 5.89. The van der Waals surface area contributed by atoms with E-state index in [2.05, 4.69) is 22.1 Å². The summed E-state index contributed by atoms with van der Waals surface area (Å²) in [5.41, 5.74) is 0.556. The minimum atomic E-state index is -4.65. The molecule has 2 aliphatic carbocycles. The highest BCUT2D eigenvalue weighted by Gasteiger charge is 2.47. The molecule has 10 heteroatoms. The van der Waals surface area contributed by atoms with Gasteiger partial charge in [-0.15, -0.1) is 0 Å². The number of amides is 1. The Labute approximate surface area is 161 Å². The monoisotopic (exact) mass is 411 g/mol. The molecule has 1 atom stereocenters. The number of alkyl carbamates (subject to hydrolysis) is 1. The first-order valence-electron chi connectivity index (χ1n) is 9.31. The molecule has 1 N–H and O–H groups in total. The zero-order chi connectivity index (χ0) is 21.1. The number of hydrazone groups is 1. The fourth-order valence-corrected chi connectivity index (χ4v) is 2.87. The van der Waals surface area contributed by atoms with Gasteiger partial charge in [-0.25, -0.2) is 13.6 Å². The molecule has 2 fully saturated rings. The lowest BCUT2D eigenvalue weighted by atomic mass is 9.77. The van der Waals surface area contributed by atoms with E-state index >= 15 is 0 Å². The Kier molecular flexibility index (Phi) is 6.93. The van der Waals surface area contributed by atoms with Crippen LogP contribution in [0, 0.1) is 11.8 Å². The average molecular weight is 411 g/mol. The number of halogens is 5. The van der Waals surface area contributed by atoms with Gasteiger partial charge >= 0.3 is 12.3 Å². The summed E-state index contributed by atoms with van der Waals surface area (Å²) in [7, 11) is 1.45. The van der Waals surface area contributed by atoms with E-state index in [9.17, 15) is 26.7 Å². The highest BCUT2D eigenvalue weighted by Crippen LogP contribution is 2.44. The van der Waals surface area contributed by atoms with E-state index in [0.717, 1.165) is 5.92 Å². The molecule has 1 amide bonds. The maximum atomic E-state index is 12.9. The average Bonchev–Trinajstić information content (AvgIpc) is 2.52. The van der Waals surface area contributed by atoms with Gasteiger partial charge in [0.05, 0.1) is 0 Å². The Morgan fingerprint density at radius 1 is 1.36 bits per heavy atom. The molecule has 1 heterocycles. The second kappa shape index (κ2) is 8.65. The first kappa shape index (κ1) is 22.4. The first-order valence-corrected chi connectivity index (χ1v) is 9.31. The lowest BCUT2D eigenvalue weighted by Gasteiger charge is -2.37. The first-order chi connectivity index (χ1) is 12.9. The van der Waals surface area contributed by atoms with Crippen molar-refractivity contribution in [2.24, 2.45) is 16.9 Å². The SMILES string of the molecule is CC(OC(=O)NC1=CCC(C2CC(F)(F)C2)=NN1C)C(F)(F)F.CC1CCC1. The Morgan fingerprint density at radius 3 is 2.32 bits per heavy atom. The van der Waals surface area contributed by atoms with Crippen molar-refractivity contribution in [2.45, 2.75) is 70.6 Å². The van der Waals surface area contributed by atoms with Crippen molar-refractivity contribution in [1.82, 2.24) is 10.3 Å². The van der Waals surface area contributed by atoms with Crippen molar-refractivity contribution >= 4 is 11.8 Å². The van der Waals surface area contributed by atoms with Crippen LogP contribution in [0.2, 0.25) is 0 Å². The van der Waals surface area contributed by atoms with Gasteiger partial charge in [-0.05, 0) is 18.9 Å². The van der Waals surface area contributed by atoms with Gasteiger partial charge in [0.15, 0.2) is 6.10 Å². The van der Waals surface area contributed by atoms with Crippen LogP contribution in [0.15, 0.2) is 17.0 Å². The molecule has 3 rings (SSSR count). The third-order valence-electron chi connectivity index (χ3n) is 5.06. The van der Waals surface area contributed by atoms with E-state index in [1.807, 2.05) is 0 Å². The smallest absolute Gasteiger partial charge is 0.425 e. The minimum Gasteiger partial charge on any atom is -0.437 e. The third kappa shape index (κ3) is 6.34. The van der Waals surface area contributed by atoms with Gasteiger partial charge in [0, 0.05) is 37.9 Å². The number of hydrogen-bond donors (Lipinski definition) is 1. The second-order valence-corrected chi connectivity index (χ2v) is 7.62. The standard InChI is InChI=1S/C13H16F5N3O2.C5H10/c1-7(13(16,17)18)23-11(22)19-10-4-3-9(20-21(10)2)8-5-12(14,15)6-8;1-5-3-2-4-5/h4,7-8H,3,5-6H2,1-2H3,(H,19,22);5H,2-4H2,1H3. The van der Waals surface area contributed by atoms with Crippen LogP contribution in [0.25, 0.3) is 0 Å². The molecular formula is C18H26F5N3O2. The summed E-state index contributed by atoms with van der Waals surface area (Å²) in [5.74, 6) is -1.78. The molecule has 0 bridgehead atoms. The van der Waals surface area contributed by atoms with Crippen LogP contribution in [0.3, 0.4) is 0 Å². The summed E-state index contributed by atoms with van der Waals surface area (Å²) in [6.07, 6.45) is -2.47. The van der Waals surface area contributed by atoms with Gasteiger partial charge in [-0.2, -0.15) is 18.3 Å². The molecule has 2 saturated carbocycles.